The third-order valence-corrected chi connectivity index (χ3v) is 10.0. The minimum atomic E-state index is -4.31. The van der Waals surface area contributed by atoms with Gasteiger partial charge >= 0.3 is 0 Å². The number of ether oxygens (including phenoxy) is 2. The van der Waals surface area contributed by atoms with Crippen LogP contribution in [0.2, 0.25) is 0 Å². The summed E-state index contributed by atoms with van der Waals surface area (Å²) in [5, 5.41) is 3.06. The van der Waals surface area contributed by atoms with E-state index in [2.05, 4.69) is 5.32 Å². The Hall–Kier alpha value is -4.83. The number of anilines is 1. The largest absolute Gasteiger partial charge is 0.497 e. The number of nitrogens with zero attached hydrogens (tertiary/aromatic N) is 2. The van der Waals surface area contributed by atoms with Gasteiger partial charge in [-0.1, -0.05) is 84.8 Å². The average Bonchev–Trinajstić information content (AvgIpc) is 3.08. The zero-order chi connectivity index (χ0) is 34.8. The van der Waals surface area contributed by atoms with Crippen molar-refractivity contribution in [2.45, 2.75) is 64.1 Å². The van der Waals surface area contributed by atoms with Crippen LogP contribution in [0.4, 0.5) is 5.69 Å². The Labute approximate surface area is 284 Å². The highest BCUT2D eigenvalue weighted by Gasteiger charge is 2.36. The molecule has 0 saturated heterocycles. The first-order valence-corrected chi connectivity index (χ1v) is 17.4. The predicted molar refractivity (Wildman–Crippen MR) is 189 cm³/mol. The first kappa shape index (κ1) is 36.0. The summed E-state index contributed by atoms with van der Waals surface area (Å²) in [5.41, 5.74) is 3.68. The number of methoxy groups -OCH3 is 2. The summed E-state index contributed by atoms with van der Waals surface area (Å²) in [5.74, 6) is -0.257. The van der Waals surface area contributed by atoms with Gasteiger partial charge in [-0.05, 0) is 62.6 Å². The molecule has 0 aliphatic heterocycles. The summed E-state index contributed by atoms with van der Waals surface area (Å²) in [6.07, 6.45) is 0.932. The molecule has 0 fully saturated rings. The number of carbonyl (C=O) groups excluding carboxylic acids is 2. The molecular weight excluding hydrogens is 627 g/mol. The molecular formula is C38H45N3O6S. The summed E-state index contributed by atoms with van der Waals surface area (Å²) in [7, 11) is -1.41. The van der Waals surface area contributed by atoms with Crippen molar-refractivity contribution in [3.05, 3.63) is 119 Å². The van der Waals surface area contributed by atoms with Crippen molar-refractivity contribution in [1.82, 2.24) is 10.2 Å². The Morgan fingerprint density at radius 1 is 0.812 bits per heavy atom. The third-order valence-electron chi connectivity index (χ3n) is 8.25. The summed E-state index contributed by atoms with van der Waals surface area (Å²) in [4.78, 5) is 30.3. The third kappa shape index (κ3) is 8.95. The number of nitrogens with one attached hydrogen (secondary N) is 1. The zero-order valence-electron chi connectivity index (χ0n) is 28.5. The Morgan fingerprint density at radius 3 is 2.12 bits per heavy atom. The molecule has 0 aliphatic rings. The molecule has 2 atom stereocenters. The molecule has 0 heterocycles. The molecule has 48 heavy (non-hydrogen) atoms. The van der Waals surface area contributed by atoms with E-state index in [0.29, 0.717) is 12.2 Å². The van der Waals surface area contributed by atoms with Gasteiger partial charge in [-0.3, -0.25) is 13.9 Å². The standard InChI is InChI=1S/C38H45N3O6S/c1-7-29(4)39-38(43)35(23-30-13-9-8-10-14-30)40(25-31-15-11-12-28(3)22-31)37(42)26-41(34-24-32(46-5)18-21-36(34)47-6)48(44,45)33-19-16-27(2)17-20-33/h8-22,24,29,35H,7,23,25-26H2,1-6H3,(H,39,43). The molecule has 1 N–H and O–H groups in total. The highest BCUT2D eigenvalue weighted by atomic mass is 32.2. The maximum Gasteiger partial charge on any atom is 0.264 e. The lowest BCUT2D eigenvalue weighted by Gasteiger charge is -2.34. The van der Waals surface area contributed by atoms with Crippen molar-refractivity contribution in [2.75, 3.05) is 25.1 Å². The second kappa shape index (κ2) is 16.3. The van der Waals surface area contributed by atoms with Crippen molar-refractivity contribution in [1.29, 1.82) is 0 Å². The van der Waals surface area contributed by atoms with Crippen LogP contribution in [0.3, 0.4) is 0 Å². The summed E-state index contributed by atoms with van der Waals surface area (Å²) in [6, 6.07) is 27.3. The Kier molecular flexibility index (Phi) is 12.2. The number of benzene rings is 4. The van der Waals surface area contributed by atoms with Crippen LogP contribution in [0.1, 0.15) is 42.5 Å². The lowest BCUT2D eigenvalue weighted by atomic mass is 10.0. The van der Waals surface area contributed by atoms with E-state index in [0.717, 1.165) is 26.6 Å². The quantitative estimate of drug-likeness (QED) is 0.165. The summed E-state index contributed by atoms with van der Waals surface area (Å²) >= 11 is 0. The predicted octanol–water partition coefficient (Wildman–Crippen LogP) is 6.07. The first-order valence-electron chi connectivity index (χ1n) is 16.0. The van der Waals surface area contributed by atoms with Crippen LogP contribution >= 0.6 is 0 Å². The Bertz CT molecular complexity index is 1800. The lowest BCUT2D eigenvalue weighted by molar-refractivity contribution is -0.140. The summed E-state index contributed by atoms with van der Waals surface area (Å²) in [6.45, 7) is 7.19. The number of aryl methyl sites for hydroxylation is 2. The molecule has 4 aromatic rings. The van der Waals surface area contributed by atoms with Crippen molar-refractivity contribution in [3.8, 4) is 11.5 Å². The molecule has 10 heteroatoms. The van der Waals surface area contributed by atoms with Crippen molar-refractivity contribution in [3.63, 3.8) is 0 Å². The monoisotopic (exact) mass is 671 g/mol. The SMILES string of the molecule is CCC(C)NC(=O)C(Cc1ccccc1)N(Cc1cccc(C)c1)C(=O)CN(c1cc(OC)ccc1OC)S(=O)(=O)c1ccc(C)cc1. The fourth-order valence-electron chi connectivity index (χ4n) is 5.34. The number of hydrogen-bond acceptors (Lipinski definition) is 6. The van der Waals surface area contributed by atoms with E-state index in [9.17, 15) is 18.0 Å². The molecule has 2 unspecified atom stereocenters. The van der Waals surface area contributed by atoms with Gasteiger partial charge in [-0.2, -0.15) is 0 Å². The van der Waals surface area contributed by atoms with Gasteiger partial charge in [0.25, 0.3) is 10.0 Å². The maximum atomic E-state index is 14.8. The number of amides is 2. The van der Waals surface area contributed by atoms with E-state index >= 15 is 0 Å². The lowest BCUT2D eigenvalue weighted by Crippen LogP contribution is -2.54. The molecule has 0 radical (unpaired) electrons. The van der Waals surface area contributed by atoms with E-state index in [1.54, 1.807) is 24.3 Å². The van der Waals surface area contributed by atoms with Gasteiger partial charge < -0.3 is 19.7 Å². The molecule has 4 rings (SSSR count). The first-order chi connectivity index (χ1) is 23.0. The Morgan fingerprint density at radius 2 is 1.50 bits per heavy atom. The second-order valence-corrected chi connectivity index (χ2v) is 13.8. The summed E-state index contributed by atoms with van der Waals surface area (Å²) < 4.78 is 40.9. The molecule has 254 valence electrons. The van der Waals surface area contributed by atoms with Gasteiger partial charge in [0.15, 0.2) is 0 Å². The molecule has 2 amide bonds. The van der Waals surface area contributed by atoms with Crippen LogP contribution < -0.4 is 19.1 Å². The van der Waals surface area contributed by atoms with E-state index < -0.39 is 28.5 Å². The van der Waals surface area contributed by atoms with E-state index in [4.69, 9.17) is 9.47 Å². The van der Waals surface area contributed by atoms with Crippen LogP contribution in [-0.4, -0.2) is 58.0 Å². The van der Waals surface area contributed by atoms with Gasteiger partial charge in [-0.25, -0.2) is 8.42 Å². The number of carbonyl (C=O) groups is 2. The normalized spacial score (nSPS) is 12.5. The van der Waals surface area contributed by atoms with Crippen LogP contribution in [0.5, 0.6) is 11.5 Å². The number of hydrogen-bond donors (Lipinski definition) is 1. The molecule has 9 nitrogen and oxygen atoms in total. The van der Waals surface area contributed by atoms with Crippen LogP contribution in [0.15, 0.2) is 102 Å². The van der Waals surface area contributed by atoms with Gasteiger partial charge in [0, 0.05) is 25.1 Å². The molecule has 0 aromatic heterocycles. The zero-order valence-corrected chi connectivity index (χ0v) is 29.3. The second-order valence-electron chi connectivity index (χ2n) is 11.9. The van der Waals surface area contributed by atoms with E-state index in [1.807, 2.05) is 82.3 Å². The van der Waals surface area contributed by atoms with Crippen LogP contribution in [-0.2, 0) is 32.6 Å². The van der Waals surface area contributed by atoms with E-state index in [1.165, 1.54) is 37.3 Å². The van der Waals surface area contributed by atoms with E-state index in [-0.39, 0.29) is 41.2 Å². The Balaban J connectivity index is 1.87. The molecule has 0 aliphatic carbocycles. The number of rotatable bonds is 15. The van der Waals surface area contributed by atoms with Gasteiger partial charge in [0.2, 0.25) is 11.8 Å². The number of sulfonamides is 1. The van der Waals surface area contributed by atoms with Gasteiger partial charge in [0.1, 0.15) is 24.1 Å². The average molecular weight is 672 g/mol. The highest BCUT2D eigenvalue weighted by molar-refractivity contribution is 7.92. The fourth-order valence-corrected chi connectivity index (χ4v) is 6.76. The topological polar surface area (TPSA) is 105 Å². The molecule has 0 spiro atoms. The van der Waals surface area contributed by atoms with Crippen molar-refractivity contribution in [2.24, 2.45) is 0 Å². The highest BCUT2D eigenvalue weighted by Crippen LogP contribution is 2.36. The molecule has 4 aromatic carbocycles. The smallest absolute Gasteiger partial charge is 0.264 e. The van der Waals surface area contributed by atoms with Crippen molar-refractivity contribution >= 4 is 27.5 Å². The van der Waals surface area contributed by atoms with Crippen LogP contribution in [0, 0.1) is 13.8 Å². The molecule has 0 bridgehead atoms. The van der Waals surface area contributed by atoms with Crippen molar-refractivity contribution < 1.29 is 27.5 Å². The van der Waals surface area contributed by atoms with Gasteiger partial charge in [-0.15, -0.1) is 0 Å². The minimum absolute atomic E-state index is 0.00589. The maximum absolute atomic E-state index is 14.8. The molecule has 0 saturated carbocycles. The van der Waals surface area contributed by atoms with Crippen LogP contribution in [0.25, 0.3) is 0 Å². The fraction of sp³-hybridized carbons (Fsp3) is 0.316. The minimum Gasteiger partial charge on any atom is -0.497 e. The van der Waals surface area contributed by atoms with Gasteiger partial charge in [0.05, 0.1) is 24.8 Å².